The predicted molar refractivity (Wildman–Crippen MR) is 120 cm³/mol. The van der Waals surface area contributed by atoms with Crippen molar-refractivity contribution in [3.8, 4) is 5.75 Å². The molecule has 2 rings (SSSR count). The number of carbonyl (C=O) groups excluding carboxylic acids is 1. The van der Waals surface area contributed by atoms with Crippen LogP contribution in [0.3, 0.4) is 0 Å². The number of carboxylic acids is 1. The van der Waals surface area contributed by atoms with Gasteiger partial charge in [0.15, 0.2) is 5.78 Å². The van der Waals surface area contributed by atoms with Gasteiger partial charge in [0.05, 0.1) is 18.6 Å². The normalized spacial score (nSPS) is 10.9. The Morgan fingerprint density at radius 3 is 2.40 bits per heavy atom. The summed E-state index contributed by atoms with van der Waals surface area (Å²) in [7, 11) is 1.89. The molecule has 0 spiro atoms. The SMILES string of the molecule is CCCCCCCCOc1ccccc1C(=O)c1c(C)c(CCC(=O)O)n(C)c1C. The number of unbranched alkanes of at least 4 members (excludes halogenated alkanes) is 5. The van der Waals surface area contributed by atoms with Crippen molar-refractivity contribution in [3.05, 3.63) is 52.3 Å². The molecule has 0 aliphatic carbocycles. The number of rotatable bonds is 13. The smallest absolute Gasteiger partial charge is 0.303 e. The summed E-state index contributed by atoms with van der Waals surface area (Å²) in [6.45, 7) is 6.62. The molecule has 0 atom stereocenters. The van der Waals surface area contributed by atoms with Crippen LogP contribution in [0, 0.1) is 13.8 Å². The van der Waals surface area contributed by atoms with Crippen LogP contribution < -0.4 is 4.74 Å². The van der Waals surface area contributed by atoms with Crippen LogP contribution in [0.25, 0.3) is 0 Å². The van der Waals surface area contributed by atoms with Crippen molar-refractivity contribution in [2.45, 2.75) is 72.1 Å². The predicted octanol–water partition coefficient (Wildman–Crippen LogP) is 5.63. The first-order valence-electron chi connectivity index (χ1n) is 11.0. The maximum Gasteiger partial charge on any atom is 0.303 e. The Balaban J connectivity index is 2.14. The van der Waals surface area contributed by atoms with Gasteiger partial charge in [-0.05, 0) is 44.4 Å². The summed E-state index contributed by atoms with van der Waals surface area (Å²) in [5.74, 6) is -0.291. The van der Waals surface area contributed by atoms with Gasteiger partial charge in [0.1, 0.15) is 5.75 Å². The fourth-order valence-corrected chi connectivity index (χ4v) is 3.93. The Bertz CT molecular complexity index is 866. The fraction of sp³-hybridized carbons (Fsp3) is 0.520. The molecule has 1 N–H and O–H groups in total. The molecule has 5 heteroatoms. The molecule has 0 radical (unpaired) electrons. The Hall–Kier alpha value is -2.56. The molecule has 1 aromatic carbocycles. The van der Waals surface area contributed by atoms with Crippen LogP contribution >= 0.6 is 0 Å². The lowest BCUT2D eigenvalue weighted by atomic mass is 9.98. The molecular formula is C25H35NO4. The molecule has 0 fully saturated rings. The number of nitrogens with zero attached hydrogens (tertiary/aromatic N) is 1. The minimum atomic E-state index is -0.838. The van der Waals surface area contributed by atoms with Gasteiger partial charge in [-0.3, -0.25) is 9.59 Å². The van der Waals surface area contributed by atoms with Crippen molar-refractivity contribution in [1.29, 1.82) is 0 Å². The molecule has 0 aliphatic rings. The average Bonchev–Trinajstić information content (AvgIpc) is 2.93. The summed E-state index contributed by atoms with van der Waals surface area (Å²) in [6, 6.07) is 7.39. The molecule has 0 unspecified atom stereocenters. The number of hydrogen-bond acceptors (Lipinski definition) is 3. The highest BCUT2D eigenvalue weighted by molar-refractivity contribution is 6.12. The number of carboxylic acid groups (broad SMARTS) is 1. The number of carbonyl (C=O) groups is 2. The minimum absolute atomic E-state index is 0.0454. The molecule has 0 bridgehead atoms. The Morgan fingerprint density at radius 1 is 1.03 bits per heavy atom. The maximum absolute atomic E-state index is 13.4. The quantitative estimate of drug-likeness (QED) is 0.341. The largest absolute Gasteiger partial charge is 0.493 e. The monoisotopic (exact) mass is 413 g/mol. The van der Waals surface area contributed by atoms with Crippen LogP contribution in [0.5, 0.6) is 5.75 Å². The third-order valence-corrected chi connectivity index (χ3v) is 5.77. The first-order valence-corrected chi connectivity index (χ1v) is 11.0. The summed E-state index contributed by atoms with van der Waals surface area (Å²) >= 11 is 0. The van der Waals surface area contributed by atoms with Crippen molar-refractivity contribution in [1.82, 2.24) is 4.57 Å². The van der Waals surface area contributed by atoms with E-state index in [0.717, 1.165) is 29.8 Å². The number of hydrogen-bond donors (Lipinski definition) is 1. The van der Waals surface area contributed by atoms with E-state index in [9.17, 15) is 9.59 Å². The number of para-hydroxylation sites is 1. The van der Waals surface area contributed by atoms with Crippen LogP contribution in [0.4, 0.5) is 0 Å². The van der Waals surface area contributed by atoms with E-state index in [0.29, 0.717) is 29.9 Å². The Labute approximate surface area is 180 Å². The molecular weight excluding hydrogens is 378 g/mol. The lowest BCUT2D eigenvalue weighted by Gasteiger charge is -2.11. The van der Waals surface area contributed by atoms with Crippen LogP contribution in [0.2, 0.25) is 0 Å². The molecule has 30 heavy (non-hydrogen) atoms. The van der Waals surface area contributed by atoms with E-state index >= 15 is 0 Å². The highest BCUT2D eigenvalue weighted by atomic mass is 16.5. The summed E-state index contributed by atoms with van der Waals surface area (Å²) in [5.41, 5.74) is 3.80. The molecule has 2 aromatic rings. The van der Waals surface area contributed by atoms with E-state index in [1.165, 1.54) is 25.7 Å². The second-order valence-electron chi connectivity index (χ2n) is 7.93. The second-order valence-corrected chi connectivity index (χ2v) is 7.93. The van der Waals surface area contributed by atoms with Crippen molar-refractivity contribution < 1.29 is 19.4 Å². The lowest BCUT2D eigenvalue weighted by Crippen LogP contribution is -2.08. The topological polar surface area (TPSA) is 68.5 Å². The van der Waals surface area contributed by atoms with Gasteiger partial charge in [-0.15, -0.1) is 0 Å². The van der Waals surface area contributed by atoms with Gasteiger partial charge >= 0.3 is 5.97 Å². The second kappa shape index (κ2) is 11.6. The molecule has 0 aliphatic heterocycles. The van der Waals surface area contributed by atoms with Crippen LogP contribution in [0.1, 0.15) is 84.7 Å². The number of ketones is 1. The number of benzene rings is 1. The average molecular weight is 414 g/mol. The lowest BCUT2D eigenvalue weighted by molar-refractivity contribution is -0.136. The van der Waals surface area contributed by atoms with E-state index < -0.39 is 5.97 Å². The molecule has 0 saturated carbocycles. The van der Waals surface area contributed by atoms with Crippen LogP contribution in [0.15, 0.2) is 24.3 Å². The zero-order valence-corrected chi connectivity index (χ0v) is 18.8. The van der Waals surface area contributed by atoms with Gasteiger partial charge in [0, 0.05) is 24.0 Å². The summed E-state index contributed by atoms with van der Waals surface area (Å²) in [6.07, 6.45) is 7.58. The fourth-order valence-electron chi connectivity index (χ4n) is 3.93. The first-order chi connectivity index (χ1) is 14.4. The zero-order valence-electron chi connectivity index (χ0n) is 18.8. The van der Waals surface area contributed by atoms with Crippen molar-refractivity contribution in [2.24, 2.45) is 7.05 Å². The van der Waals surface area contributed by atoms with Gasteiger partial charge in [-0.25, -0.2) is 0 Å². The van der Waals surface area contributed by atoms with E-state index in [-0.39, 0.29) is 12.2 Å². The standard InChI is InChI=1S/C25H35NO4/c1-5-6-7-8-9-12-17-30-22-14-11-10-13-20(22)25(29)24-18(2)21(15-16-23(27)28)26(4)19(24)3/h10-11,13-14H,5-9,12,15-17H2,1-4H3,(H,27,28). The van der Waals surface area contributed by atoms with Gasteiger partial charge in [0.2, 0.25) is 0 Å². The summed E-state index contributed by atoms with van der Waals surface area (Å²) < 4.78 is 7.91. The van der Waals surface area contributed by atoms with Gasteiger partial charge in [-0.2, -0.15) is 0 Å². The third-order valence-electron chi connectivity index (χ3n) is 5.77. The van der Waals surface area contributed by atoms with E-state index in [2.05, 4.69) is 6.92 Å². The molecule has 0 amide bonds. The van der Waals surface area contributed by atoms with Crippen LogP contribution in [-0.4, -0.2) is 28.0 Å². The molecule has 0 saturated heterocycles. The minimum Gasteiger partial charge on any atom is -0.493 e. The van der Waals surface area contributed by atoms with Crippen molar-refractivity contribution >= 4 is 11.8 Å². The highest BCUT2D eigenvalue weighted by Gasteiger charge is 2.24. The van der Waals surface area contributed by atoms with Gasteiger partial charge in [0.25, 0.3) is 0 Å². The van der Waals surface area contributed by atoms with Gasteiger partial charge in [-0.1, -0.05) is 51.2 Å². The zero-order chi connectivity index (χ0) is 22.1. The maximum atomic E-state index is 13.4. The Kier molecular flexibility index (Phi) is 9.15. The van der Waals surface area contributed by atoms with Crippen molar-refractivity contribution in [3.63, 3.8) is 0 Å². The summed E-state index contributed by atoms with van der Waals surface area (Å²) in [5, 5.41) is 9.03. The van der Waals surface area contributed by atoms with E-state index in [4.69, 9.17) is 9.84 Å². The highest BCUT2D eigenvalue weighted by Crippen LogP contribution is 2.28. The van der Waals surface area contributed by atoms with Crippen molar-refractivity contribution in [2.75, 3.05) is 6.61 Å². The van der Waals surface area contributed by atoms with Gasteiger partial charge < -0.3 is 14.4 Å². The molecule has 1 heterocycles. The number of ether oxygens (including phenoxy) is 1. The number of aromatic nitrogens is 1. The van der Waals surface area contributed by atoms with Crippen LogP contribution in [-0.2, 0) is 18.3 Å². The third kappa shape index (κ3) is 5.97. The first kappa shape index (κ1) is 23.7. The van der Waals surface area contributed by atoms with E-state index in [1.54, 1.807) is 0 Å². The molecule has 1 aromatic heterocycles. The van der Waals surface area contributed by atoms with E-state index in [1.807, 2.05) is 49.7 Å². The summed E-state index contributed by atoms with van der Waals surface area (Å²) in [4.78, 5) is 24.4. The molecule has 5 nitrogen and oxygen atoms in total. The molecule has 164 valence electrons. The Morgan fingerprint density at radius 2 is 1.70 bits per heavy atom. The number of aliphatic carboxylic acids is 1.